The summed E-state index contributed by atoms with van der Waals surface area (Å²) >= 11 is 0. The van der Waals surface area contributed by atoms with Gasteiger partial charge in [0, 0.05) is 6.04 Å². The molecule has 2 unspecified atom stereocenters. The van der Waals surface area contributed by atoms with E-state index in [4.69, 9.17) is 4.98 Å². The molecule has 108 valence electrons. The van der Waals surface area contributed by atoms with Gasteiger partial charge in [-0.15, -0.1) is 0 Å². The van der Waals surface area contributed by atoms with Crippen molar-refractivity contribution >= 4 is 11.0 Å². The Kier molecular flexibility index (Phi) is 3.55. The Bertz CT molecular complexity index is 575. The summed E-state index contributed by atoms with van der Waals surface area (Å²) in [6.45, 7) is 10.1. The minimum Gasteiger partial charge on any atom is -0.341 e. The van der Waals surface area contributed by atoms with E-state index >= 15 is 0 Å². The summed E-state index contributed by atoms with van der Waals surface area (Å²) in [4.78, 5) is 10.9. The maximum Gasteiger partial charge on any atom is 0.124 e. The minimum atomic E-state index is 0.373. The predicted molar refractivity (Wildman–Crippen MR) is 84.0 cm³/mol. The number of H-pyrrole nitrogens is 1. The average Bonchev–Trinajstić information content (AvgIpc) is 2.82. The second-order valence-electron chi connectivity index (χ2n) is 6.33. The van der Waals surface area contributed by atoms with Crippen LogP contribution in [-0.2, 0) is 0 Å². The first-order chi connectivity index (χ1) is 9.56. The lowest BCUT2D eigenvalue weighted by atomic mass is 10.0. The number of piperidine rings is 1. The Balaban J connectivity index is 1.93. The Hall–Kier alpha value is -1.35. The van der Waals surface area contributed by atoms with Crippen molar-refractivity contribution in [2.24, 2.45) is 0 Å². The molecule has 2 aromatic rings. The number of fused-ring (bicyclic) bond motifs is 1. The van der Waals surface area contributed by atoms with Gasteiger partial charge in [-0.1, -0.05) is 6.42 Å². The molecule has 1 fully saturated rings. The Morgan fingerprint density at radius 2 is 2.00 bits per heavy atom. The van der Waals surface area contributed by atoms with Crippen LogP contribution in [0.15, 0.2) is 12.1 Å². The number of likely N-dealkylation sites (tertiary alicyclic amines) is 1. The van der Waals surface area contributed by atoms with Gasteiger partial charge in [0.15, 0.2) is 0 Å². The summed E-state index contributed by atoms with van der Waals surface area (Å²) in [7, 11) is 0. The molecule has 0 amide bonds. The smallest absolute Gasteiger partial charge is 0.124 e. The van der Waals surface area contributed by atoms with Crippen LogP contribution in [0.3, 0.4) is 0 Å². The molecule has 3 heteroatoms. The zero-order valence-electron chi connectivity index (χ0n) is 13.0. The number of nitrogens with one attached hydrogen (secondary N) is 1. The van der Waals surface area contributed by atoms with E-state index in [-0.39, 0.29) is 0 Å². The summed E-state index contributed by atoms with van der Waals surface area (Å²) in [6.07, 6.45) is 3.98. The highest BCUT2D eigenvalue weighted by Gasteiger charge is 2.25. The molecule has 1 aromatic heterocycles. The van der Waals surface area contributed by atoms with Gasteiger partial charge in [0.25, 0.3) is 0 Å². The van der Waals surface area contributed by atoms with Gasteiger partial charge in [0.1, 0.15) is 5.82 Å². The minimum absolute atomic E-state index is 0.373. The lowest BCUT2D eigenvalue weighted by molar-refractivity contribution is 0.110. The molecule has 2 atom stereocenters. The van der Waals surface area contributed by atoms with Crippen LogP contribution < -0.4 is 0 Å². The van der Waals surface area contributed by atoms with Crippen LogP contribution in [0.25, 0.3) is 11.0 Å². The standard InChI is InChI=1S/C17H25N3/c1-11-9-15-16(10-12(11)2)19-17(18-15)14(4)20-8-6-5-7-13(20)3/h9-10,13-14H,5-8H2,1-4H3,(H,18,19). The van der Waals surface area contributed by atoms with E-state index in [9.17, 15) is 0 Å². The van der Waals surface area contributed by atoms with Crippen LogP contribution in [0.2, 0.25) is 0 Å². The number of hydrogen-bond donors (Lipinski definition) is 1. The molecular formula is C17H25N3. The summed E-state index contributed by atoms with van der Waals surface area (Å²) in [5.74, 6) is 1.11. The number of aryl methyl sites for hydroxylation is 2. The van der Waals surface area contributed by atoms with E-state index in [1.54, 1.807) is 0 Å². The SMILES string of the molecule is Cc1cc2nc(C(C)N3CCCCC3C)[nH]c2cc1C. The zero-order valence-corrected chi connectivity index (χ0v) is 13.0. The summed E-state index contributed by atoms with van der Waals surface area (Å²) < 4.78 is 0. The lowest BCUT2D eigenvalue weighted by Crippen LogP contribution is -2.39. The number of aromatic nitrogens is 2. The van der Waals surface area contributed by atoms with Crippen molar-refractivity contribution < 1.29 is 0 Å². The number of benzene rings is 1. The highest BCUT2D eigenvalue weighted by atomic mass is 15.2. The highest BCUT2D eigenvalue weighted by molar-refractivity contribution is 5.77. The largest absolute Gasteiger partial charge is 0.341 e. The molecule has 1 N–H and O–H groups in total. The van der Waals surface area contributed by atoms with E-state index < -0.39 is 0 Å². The van der Waals surface area contributed by atoms with Gasteiger partial charge in [-0.3, -0.25) is 4.90 Å². The van der Waals surface area contributed by atoms with Crippen molar-refractivity contribution in [2.75, 3.05) is 6.54 Å². The molecule has 0 radical (unpaired) electrons. The molecule has 3 nitrogen and oxygen atoms in total. The van der Waals surface area contributed by atoms with E-state index in [0.717, 1.165) is 11.3 Å². The van der Waals surface area contributed by atoms with Crippen LogP contribution in [0, 0.1) is 13.8 Å². The number of aromatic amines is 1. The molecule has 1 aromatic carbocycles. The molecule has 0 bridgehead atoms. The molecule has 20 heavy (non-hydrogen) atoms. The van der Waals surface area contributed by atoms with Gasteiger partial charge < -0.3 is 4.98 Å². The quantitative estimate of drug-likeness (QED) is 0.891. The normalized spacial score (nSPS) is 22.3. The average molecular weight is 271 g/mol. The number of rotatable bonds is 2. The second-order valence-corrected chi connectivity index (χ2v) is 6.33. The third-order valence-corrected chi connectivity index (χ3v) is 4.86. The summed E-state index contributed by atoms with van der Waals surface area (Å²) in [5.41, 5.74) is 4.90. The van der Waals surface area contributed by atoms with E-state index in [2.05, 4.69) is 49.7 Å². The van der Waals surface area contributed by atoms with Crippen LogP contribution in [-0.4, -0.2) is 27.5 Å². The number of nitrogens with zero attached hydrogens (tertiary/aromatic N) is 2. The van der Waals surface area contributed by atoms with Crippen molar-refractivity contribution in [2.45, 2.75) is 59.0 Å². The van der Waals surface area contributed by atoms with Crippen molar-refractivity contribution in [1.29, 1.82) is 0 Å². The van der Waals surface area contributed by atoms with Crippen molar-refractivity contribution in [1.82, 2.24) is 14.9 Å². The van der Waals surface area contributed by atoms with Gasteiger partial charge in [0.05, 0.1) is 17.1 Å². The molecule has 3 rings (SSSR count). The van der Waals surface area contributed by atoms with Crippen LogP contribution in [0.5, 0.6) is 0 Å². The monoisotopic (exact) mass is 271 g/mol. The predicted octanol–water partition coefficient (Wildman–Crippen LogP) is 4.12. The maximum atomic E-state index is 4.83. The maximum absolute atomic E-state index is 4.83. The third kappa shape index (κ3) is 2.35. The first-order valence-electron chi connectivity index (χ1n) is 7.79. The number of imidazole rings is 1. The summed E-state index contributed by atoms with van der Waals surface area (Å²) in [6, 6.07) is 5.44. The molecule has 0 aliphatic carbocycles. The molecular weight excluding hydrogens is 246 g/mol. The third-order valence-electron chi connectivity index (χ3n) is 4.86. The van der Waals surface area contributed by atoms with Gasteiger partial charge in [-0.25, -0.2) is 4.98 Å². The zero-order chi connectivity index (χ0) is 14.3. The Labute approximate surface area is 121 Å². The van der Waals surface area contributed by atoms with Crippen molar-refractivity contribution in [3.05, 3.63) is 29.1 Å². The first-order valence-corrected chi connectivity index (χ1v) is 7.79. The van der Waals surface area contributed by atoms with Gasteiger partial charge >= 0.3 is 0 Å². The molecule has 0 saturated carbocycles. The fourth-order valence-electron chi connectivity index (χ4n) is 3.34. The van der Waals surface area contributed by atoms with E-state index in [0.29, 0.717) is 12.1 Å². The van der Waals surface area contributed by atoms with Gasteiger partial charge in [0.2, 0.25) is 0 Å². The van der Waals surface area contributed by atoms with Crippen LogP contribution in [0.1, 0.15) is 56.1 Å². The Morgan fingerprint density at radius 3 is 2.75 bits per heavy atom. The molecule has 1 saturated heterocycles. The van der Waals surface area contributed by atoms with Crippen LogP contribution >= 0.6 is 0 Å². The fraction of sp³-hybridized carbons (Fsp3) is 0.588. The summed E-state index contributed by atoms with van der Waals surface area (Å²) in [5, 5.41) is 0. The van der Waals surface area contributed by atoms with Gasteiger partial charge in [-0.2, -0.15) is 0 Å². The second kappa shape index (κ2) is 5.21. The van der Waals surface area contributed by atoms with E-state index in [1.807, 2.05) is 0 Å². The molecule has 0 spiro atoms. The van der Waals surface area contributed by atoms with Crippen molar-refractivity contribution in [3.63, 3.8) is 0 Å². The lowest BCUT2D eigenvalue weighted by Gasteiger charge is -2.37. The molecule has 1 aliphatic heterocycles. The first kappa shape index (κ1) is 13.6. The van der Waals surface area contributed by atoms with E-state index in [1.165, 1.54) is 42.5 Å². The van der Waals surface area contributed by atoms with Crippen LogP contribution in [0.4, 0.5) is 0 Å². The fourth-order valence-corrected chi connectivity index (χ4v) is 3.34. The molecule has 1 aliphatic rings. The van der Waals surface area contributed by atoms with Gasteiger partial charge in [-0.05, 0) is 70.3 Å². The highest BCUT2D eigenvalue weighted by Crippen LogP contribution is 2.28. The Morgan fingerprint density at radius 1 is 1.25 bits per heavy atom. The molecule has 2 heterocycles. The van der Waals surface area contributed by atoms with Crippen molar-refractivity contribution in [3.8, 4) is 0 Å². The topological polar surface area (TPSA) is 31.9 Å². The number of hydrogen-bond acceptors (Lipinski definition) is 2.